The Balaban J connectivity index is 3.04. The molecule has 0 unspecified atom stereocenters. The van der Waals surface area contributed by atoms with Crippen molar-refractivity contribution in [1.29, 1.82) is 0 Å². The molecule has 54 valence electrons. The number of anilines is 1. The van der Waals surface area contributed by atoms with Crippen LogP contribution < -0.4 is 11.3 Å². The molecule has 1 rings (SSSR count). The Morgan fingerprint density at radius 2 is 1.90 bits per heavy atom. The van der Waals surface area contributed by atoms with E-state index in [4.69, 9.17) is 5.84 Å². The lowest BCUT2D eigenvalue weighted by Crippen LogP contribution is -2.06. The van der Waals surface area contributed by atoms with Gasteiger partial charge in [-0.3, -0.25) is 5.84 Å². The Morgan fingerprint density at radius 1 is 1.20 bits per heavy atom. The van der Waals surface area contributed by atoms with Gasteiger partial charge in [-0.25, -0.2) is 0 Å². The third-order valence-electron chi connectivity index (χ3n) is 1.14. The van der Waals surface area contributed by atoms with E-state index in [1.54, 1.807) is 0 Å². The maximum Gasteiger partial charge on any atom is 0.0496 e. The number of hydrazine groups is 1. The molecule has 0 spiro atoms. The molecular weight excluding hydrogens is 164 g/mol. The first kappa shape index (κ1) is 7.78. The van der Waals surface area contributed by atoms with Crippen LogP contribution in [0.4, 0.5) is 5.69 Å². The van der Waals surface area contributed by atoms with E-state index in [0.29, 0.717) is 0 Å². The summed E-state index contributed by atoms with van der Waals surface area (Å²) in [6, 6.07) is 5.48. The Labute approximate surface area is 70.6 Å². The monoisotopic (exact) mass is 172 g/mol. The van der Waals surface area contributed by atoms with Gasteiger partial charge in [0.1, 0.15) is 0 Å². The first-order valence-corrected chi connectivity index (χ1v) is 3.62. The highest BCUT2D eigenvalue weighted by molar-refractivity contribution is 7.83. The quantitative estimate of drug-likeness (QED) is 0.295. The predicted molar refractivity (Wildman–Crippen MR) is 48.8 cm³/mol. The molecule has 0 heterocycles. The minimum Gasteiger partial charge on any atom is -0.324 e. The van der Waals surface area contributed by atoms with Crippen molar-refractivity contribution in [3.05, 3.63) is 18.2 Å². The van der Waals surface area contributed by atoms with Gasteiger partial charge >= 0.3 is 0 Å². The van der Waals surface area contributed by atoms with Gasteiger partial charge in [0.2, 0.25) is 0 Å². The molecule has 0 aliphatic rings. The molecule has 0 aromatic heterocycles. The van der Waals surface area contributed by atoms with E-state index in [2.05, 4.69) is 30.7 Å². The number of nitrogens with one attached hydrogen (secondary N) is 1. The predicted octanol–water partition coefficient (Wildman–Crippen LogP) is 1.55. The van der Waals surface area contributed by atoms with Crippen LogP contribution in [0.25, 0.3) is 0 Å². The molecule has 0 aliphatic carbocycles. The summed E-state index contributed by atoms with van der Waals surface area (Å²) in [7, 11) is 0. The zero-order chi connectivity index (χ0) is 7.56. The Hall–Kier alpha value is -0.320. The Kier molecular flexibility index (Phi) is 2.48. The average Bonchev–Trinajstić information content (AvgIpc) is 1.95. The third-order valence-corrected chi connectivity index (χ3v) is 2.08. The molecule has 0 saturated heterocycles. The minimum atomic E-state index is 0.818. The molecule has 4 heteroatoms. The van der Waals surface area contributed by atoms with Gasteiger partial charge in [0, 0.05) is 15.5 Å². The number of hydrogen-bond acceptors (Lipinski definition) is 4. The number of thiol groups is 2. The normalized spacial score (nSPS) is 9.50. The fourth-order valence-corrected chi connectivity index (χ4v) is 0.966. The zero-order valence-electron chi connectivity index (χ0n) is 5.20. The number of nitrogen functional groups attached to an aromatic ring is 1. The molecule has 2 nitrogen and oxygen atoms in total. The maximum atomic E-state index is 5.16. The molecule has 0 atom stereocenters. The summed E-state index contributed by atoms with van der Waals surface area (Å²) in [4.78, 5) is 1.67. The van der Waals surface area contributed by atoms with E-state index in [0.717, 1.165) is 15.5 Å². The molecule has 0 aliphatic heterocycles. The molecule has 1 aromatic carbocycles. The summed E-state index contributed by atoms with van der Waals surface area (Å²) in [5.74, 6) is 5.16. The standard InChI is InChI=1S/C6H8N2S2/c7-8-4-1-2-5(9)6(10)3-4/h1-3,8-10H,7H2. The van der Waals surface area contributed by atoms with E-state index in [1.807, 2.05) is 18.2 Å². The van der Waals surface area contributed by atoms with E-state index in [9.17, 15) is 0 Å². The lowest BCUT2D eigenvalue weighted by molar-refractivity contribution is 1.24. The molecule has 1 aromatic rings. The number of rotatable bonds is 1. The van der Waals surface area contributed by atoms with Gasteiger partial charge in [0.15, 0.2) is 0 Å². The fourth-order valence-electron chi connectivity index (χ4n) is 0.613. The van der Waals surface area contributed by atoms with Gasteiger partial charge in [-0.05, 0) is 18.2 Å². The molecule has 0 radical (unpaired) electrons. The molecule has 0 fully saturated rings. The number of nitrogens with two attached hydrogens (primary N) is 1. The minimum absolute atomic E-state index is 0.818. The van der Waals surface area contributed by atoms with Crippen molar-refractivity contribution in [1.82, 2.24) is 0 Å². The Morgan fingerprint density at radius 3 is 2.40 bits per heavy atom. The summed E-state index contributed by atoms with van der Waals surface area (Å²) < 4.78 is 0. The van der Waals surface area contributed by atoms with Gasteiger partial charge in [-0.1, -0.05) is 0 Å². The first-order chi connectivity index (χ1) is 4.74. The van der Waals surface area contributed by atoms with Crippen LogP contribution in [-0.2, 0) is 0 Å². The molecule has 3 N–H and O–H groups in total. The van der Waals surface area contributed by atoms with Crippen molar-refractivity contribution < 1.29 is 0 Å². The average molecular weight is 172 g/mol. The Bertz CT molecular complexity index is 237. The molecule has 0 amide bonds. The van der Waals surface area contributed by atoms with Crippen molar-refractivity contribution in [2.24, 2.45) is 5.84 Å². The lowest BCUT2D eigenvalue weighted by atomic mass is 10.3. The smallest absolute Gasteiger partial charge is 0.0496 e. The van der Waals surface area contributed by atoms with E-state index in [1.165, 1.54) is 0 Å². The second-order valence-corrected chi connectivity index (χ2v) is 2.81. The van der Waals surface area contributed by atoms with Gasteiger partial charge in [0.25, 0.3) is 0 Å². The summed E-state index contributed by atoms with van der Waals surface area (Å²) in [5, 5.41) is 0. The van der Waals surface area contributed by atoms with Crippen molar-refractivity contribution >= 4 is 30.9 Å². The molecular formula is C6H8N2S2. The second kappa shape index (κ2) is 3.18. The van der Waals surface area contributed by atoms with Gasteiger partial charge < -0.3 is 5.43 Å². The highest BCUT2D eigenvalue weighted by Gasteiger charge is 1.93. The fraction of sp³-hybridized carbons (Fsp3) is 0. The maximum absolute atomic E-state index is 5.16. The summed E-state index contributed by atoms with van der Waals surface area (Å²) >= 11 is 8.29. The molecule has 0 bridgehead atoms. The number of hydrogen-bond donors (Lipinski definition) is 4. The summed E-state index contributed by atoms with van der Waals surface area (Å²) in [6.45, 7) is 0. The van der Waals surface area contributed by atoms with Gasteiger partial charge in [-0.2, -0.15) is 0 Å². The van der Waals surface area contributed by atoms with E-state index in [-0.39, 0.29) is 0 Å². The summed E-state index contributed by atoms with van der Waals surface area (Å²) in [5.41, 5.74) is 3.35. The van der Waals surface area contributed by atoms with Crippen LogP contribution >= 0.6 is 25.3 Å². The SMILES string of the molecule is NNc1ccc(S)c(S)c1. The van der Waals surface area contributed by atoms with Crippen molar-refractivity contribution in [2.45, 2.75) is 9.79 Å². The second-order valence-electron chi connectivity index (χ2n) is 1.85. The van der Waals surface area contributed by atoms with Crippen LogP contribution in [0, 0.1) is 0 Å². The third kappa shape index (κ3) is 1.59. The van der Waals surface area contributed by atoms with Crippen molar-refractivity contribution in [3.8, 4) is 0 Å². The lowest BCUT2D eigenvalue weighted by Gasteiger charge is -2.01. The van der Waals surface area contributed by atoms with E-state index < -0.39 is 0 Å². The molecule has 0 saturated carbocycles. The number of benzene rings is 1. The van der Waals surface area contributed by atoms with E-state index >= 15 is 0 Å². The highest BCUT2D eigenvalue weighted by atomic mass is 32.1. The van der Waals surface area contributed by atoms with Crippen LogP contribution in [0.2, 0.25) is 0 Å². The van der Waals surface area contributed by atoms with Crippen molar-refractivity contribution in [2.75, 3.05) is 5.43 Å². The van der Waals surface area contributed by atoms with Crippen molar-refractivity contribution in [3.63, 3.8) is 0 Å². The van der Waals surface area contributed by atoms with Crippen LogP contribution in [0.15, 0.2) is 28.0 Å². The molecule has 10 heavy (non-hydrogen) atoms. The topological polar surface area (TPSA) is 38.0 Å². The van der Waals surface area contributed by atoms with Crippen LogP contribution in [-0.4, -0.2) is 0 Å². The van der Waals surface area contributed by atoms with Gasteiger partial charge in [0.05, 0.1) is 0 Å². The zero-order valence-corrected chi connectivity index (χ0v) is 6.99. The van der Waals surface area contributed by atoms with Crippen LogP contribution in [0.1, 0.15) is 0 Å². The van der Waals surface area contributed by atoms with Crippen LogP contribution in [0.3, 0.4) is 0 Å². The van der Waals surface area contributed by atoms with Crippen LogP contribution in [0.5, 0.6) is 0 Å². The summed E-state index contributed by atoms with van der Waals surface area (Å²) in [6.07, 6.45) is 0. The highest BCUT2D eigenvalue weighted by Crippen LogP contribution is 2.21. The van der Waals surface area contributed by atoms with Gasteiger partial charge in [-0.15, -0.1) is 25.3 Å². The largest absolute Gasteiger partial charge is 0.324 e. The first-order valence-electron chi connectivity index (χ1n) is 2.72.